The fourth-order valence-corrected chi connectivity index (χ4v) is 4.47. The highest BCUT2D eigenvalue weighted by Crippen LogP contribution is 2.39. The van der Waals surface area contributed by atoms with Gasteiger partial charge in [0.25, 0.3) is 0 Å². The van der Waals surface area contributed by atoms with E-state index < -0.39 is 15.4 Å². The first-order valence-electron chi connectivity index (χ1n) is 6.66. The number of pyridine rings is 1. The van der Waals surface area contributed by atoms with E-state index in [1.165, 1.54) is 0 Å². The van der Waals surface area contributed by atoms with Gasteiger partial charge in [0.05, 0.1) is 16.2 Å². The molecule has 1 unspecified atom stereocenters. The van der Waals surface area contributed by atoms with E-state index in [1.807, 2.05) is 0 Å². The standard InChI is InChI=1S/C15H16N2O3S/c16-14-11(4-3-8-17-14)10-15(18)7-9-21(19,20)13-6-2-1-5-12(13)15/h1-6,8,18H,7,9-10H2,(H2,16,17). The van der Waals surface area contributed by atoms with Gasteiger partial charge < -0.3 is 10.8 Å². The second kappa shape index (κ2) is 4.82. The summed E-state index contributed by atoms with van der Waals surface area (Å²) in [6, 6.07) is 10.2. The van der Waals surface area contributed by atoms with Crippen molar-refractivity contribution in [2.24, 2.45) is 0 Å². The maximum atomic E-state index is 12.1. The first kappa shape index (κ1) is 14.0. The molecule has 2 heterocycles. The molecule has 3 rings (SSSR count). The first-order chi connectivity index (χ1) is 9.92. The van der Waals surface area contributed by atoms with E-state index in [2.05, 4.69) is 4.98 Å². The number of fused-ring (bicyclic) bond motifs is 1. The Hall–Kier alpha value is -1.92. The van der Waals surface area contributed by atoms with Gasteiger partial charge in [-0.05, 0) is 24.1 Å². The smallest absolute Gasteiger partial charge is 0.178 e. The summed E-state index contributed by atoms with van der Waals surface area (Å²) in [5.41, 5.74) is 5.75. The molecule has 1 atom stereocenters. The molecule has 1 aromatic heterocycles. The summed E-state index contributed by atoms with van der Waals surface area (Å²) in [6.45, 7) is 0. The van der Waals surface area contributed by atoms with E-state index in [0.29, 0.717) is 16.9 Å². The lowest BCUT2D eigenvalue weighted by Crippen LogP contribution is -2.37. The number of nitrogens with two attached hydrogens (primary N) is 1. The number of hydrogen-bond acceptors (Lipinski definition) is 5. The topological polar surface area (TPSA) is 93.3 Å². The largest absolute Gasteiger partial charge is 0.385 e. The molecule has 1 aliphatic heterocycles. The van der Waals surface area contributed by atoms with Crippen molar-refractivity contribution in [3.8, 4) is 0 Å². The monoisotopic (exact) mass is 304 g/mol. The molecule has 0 fully saturated rings. The molecule has 2 aromatic rings. The van der Waals surface area contributed by atoms with E-state index in [4.69, 9.17) is 5.73 Å². The maximum Gasteiger partial charge on any atom is 0.178 e. The zero-order valence-corrected chi connectivity index (χ0v) is 12.2. The lowest BCUT2D eigenvalue weighted by molar-refractivity contribution is 0.0284. The van der Waals surface area contributed by atoms with E-state index >= 15 is 0 Å². The van der Waals surface area contributed by atoms with E-state index in [0.717, 1.165) is 0 Å². The van der Waals surface area contributed by atoms with Gasteiger partial charge in [0.1, 0.15) is 5.82 Å². The zero-order valence-electron chi connectivity index (χ0n) is 11.4. The van der Waals surface area contributed by atoms with Crippen LogP contribution in [-0.4, -0.2) is 24.3 Å². The third-order valence-electron chi connectivity index (χ3n) is 3.92. The molecule has 110 valence electrons. The molecule has 0 spiro atoms. The Morgan fingerprint density at radius 2 is 2.00 bits per heavy atom. The SMILES string of the molecule is Nc1ncccc1CC1(O)CCS(=O)(=O)c2ccccc21. The molecular formula is C15H16N2O3S. The Morgan fingerprint density at radius 1 is 1.24 bits per heavy atom. The summed E-state index contributed by atoms with van der Waals surface area (Å²) in [6.07, 6.45) is 1.99. The maximum absolute atomic E-state index is 12.1. The molecule has 0 radical (unpaired) electrons. The van der Waals surface area contributed by atoms with Crippen LogP contribution in [0.3, 0.4) is 0 Å². The van der Waals surface area contributed by atoms with Gasteiger partial charge in [-0.15, -0.1) is 0 Å². The number of nitrogen functional groups attached to an aromatic ring is 1. The highest BCUT2D eigenvalue weighted by atomic mass is 32.2. The van der Waals surface area contributed by atoms with Crippen molar-refractivity contribution < 1.29 is 13.5 Å². The normalized spacial score (nSPS) is 23.5. The van der Waals surface area contributed by atoms with Crippen LogP contribution < -0.4 is 5.73 Å². The molecule has 21 heavy (non-hydrogen) atoms. The molecule has 0 saturated heterocycles. The number of sulfone groups is 1. The third-order valence-corrected chi connectivity index (χ3v) is 5.68. The second-order valence-electron chi connectivity index (χ2n) is 5.32. The van der Waals surface area contributed by atoms with Crippen LogP contribution in [0.4, 0.5) is 5.82 Å². The lowest BCUT2D eigenvalue weighted by atomic mass is 9.84. The van der Waals surface area contributed by atoms with Crippen LogP contribution in [0, 0.1) is 0 Å². The predicted octanol–water partition coefficient (Wildman–Crippen LogP) is 1.27. The van der Waals surface area contributed by atoms with Gasteiger partial charge in [-0.1, -0.05) is 24.3 Å². The minimum Gasteiger partial charge on any atom is -0.385 e. The summed E-state index contributed by atoms with van der Waals surface area (Å²) in [4.78, 5) is 4.22. The number of rotatable bonds is 2. The molecule has 1 aliphatic rings. The molecule has 3 N–H and O–H groups in total. The predicted molar refractivity (Wildman–Crippen MR) is 79.4 cm³/mol. The Labute approximate surface area is 123 Å². The van der Waals surface area contributed by atoms with Gasteiger partial charge in [-0.25, -0.2) is 13.4 Å². The third kappa shape index (κ3) is 2.41. The van der Waals surface area contributed by atoms with Crippen LogP contribution >= 0.6 is 0 Å². The quantitative estimate of drug-likeness (QED) is 0.871. The number of hydrogen-bond donors (Lipinski definition) is 2. The van der Waals surface area contributed by atoms with E-state index in [-0.39, 0.29) is 23.5 Å². The minimum absolute atomic E-state index is 0.0688. The van der Waals surface area contributed by atoms with Crippen LogP contribution in [-0.2, 0) is 21.9 Å². The van der Waals surface area contributed by atoms with E-state index in [9.17, 15) is 13.5 Å². The fraction of sp³-hybridized carbons (Fsp3) is 0.267. The summed E-state index contributed by atoms with van der Waals surface area (Å²) < 4.78 is 24.3. The number of aliphatic hydroxyl groups is 1. The van der Waals surface area contributed by atoms with Crippen molar-refractivity contribution in [2.75, 3.05) is 11.5 Å². The van der Waals surface area contributed by atoms with Crippen molar-refractivity contribution in [3.63, 3.8) is 0 Å². The second-order valence-corrected chi connectivity index (χ2v) is 7.40. The Bertz CT molecular complexity index is 789. The van der Waals surface area contributed by atoms with Gasteiger partial charge in [-0.2, -0.15) is 0 Å². The summed E-state index contributed by atoms with van der Waals surface area (Å²) in [5.74, 6) is 0.289. The number of benzene rings is 1. The summed E-state index contributed by atoms with van der Waals surface area (Å²) >= 11 is 0. The van der Waals surface area contributed by atoms with Crippen LogP contribution in [0.1, 0.15) is 17.5 Å². The molecule has 5 nitrogen and oxygen atoms in total. The molecule has 6 heteroatoms. The van der Waals surface area contributed by atoms with Gasteiger partial charge in [0.15, 0.2) is 9.84 Å². The highest BCUT2D eigenvalue weighted by Gasteiger charge is 2.40. The molecule has 0 saturated carbocycles. The first-order valence-corrected chi connectivity index (χ1v) is 8.32. The number of anilines is 1. The van der Waals surface area contributed by atoms with Crippen molar-refractivity contribution >= 4 is 15.7 Å². The highest BCUT2D eigenvalue weighted by molar-refractivity contribution is 7.91. The van der Waals surface area contributed by atoms with Crippen LogP contribution in [0.5, 0.6) is 0 Å². The lowest BCUT2D eigenvalue weighted by Gasteiger charge is -2.34. The van der Waals surface area contributed by atoms with Gasteiger partial charge in [0.2, 0.25) is 0 Å². The molecule has 0 aliphatic carbocycles. The van der Waals surface area contributed by atoms with Gasteiger partial charge >= 0.3 is 0 Å². The number of nitrogens with zero attached hydrogens (tertiary/aromatic N) is 1. The van der Waals surface area contributed by atoms with Crippen molar-refractivity contribution in [1.29, 1.82) is 0 Å². The van der Waals surface area contributed by atoms with E-state index in [1.54, 1.807) is 42.6 Å². The average Bonchev–Trinajstić information content (AvgIpc) is 2.47. The molecule has 0 amide bonds. The molecule has 1 aromatic carbocycles. The summed E-state index contributed by atoms with van der Waals surface area (Å²) in [5, 5.41) is 11.0. The Balaban J connectivity index is 2.09. The van der Waals surface area contributed by atoms with Crippen LogP contribution in [0.25, 0.3) is 0 Å². The molecular weight excluding hydrogens is 288 g/mol. The zero-order chi connectivity index (χ0) is 15.1. The summed E-state index contributed by atoms with van der Waals surface area (Å²) in [7, 11) is -3.32. The molecule has 0 bridgehead atoms. The average molecular weight is 304 g/mol. The van der Waals surface area contributed by atoms with Gasteiger partial charge in [0, 0.05) is 18.2 Å². The minimum atomic E-state index is -3.32. The van der Waals surface area contributed by atoms with Crippen molar-refractivity contribution in [3.05, 3.63) is 53.7 Å². The fourth-order valence-electron chi connectivity index (χ4n) is 2.77. The Morgan fingerprint density at radius 3 is 2.76 bits per heavy atom. The van der Waals surface area contributed by atoms with Crippen LogP contribution in [0.2, 0.25) is 0 Å². The van der Waals surface area contributed by atoms with Gasteiger partial charge in [-0.3, -0.25) is 0 Å². The van der Waals surface area contributed by atoms with Crippen molar-refractivity contribution in [1.82, 2.24) is 4.98 Å². The van der Waals surface area contributed by atoms with Crippen molar-refractivity contribution in [2.45, 2.75) is 23.3 Å². The van der Waals surface area contributed by atoms with Crippen LogP contribution in [0.15, 0.2) is 47.5 Å². The Kier molecular flexibility index (Phi) is 3.22. The number of aromatic nitrogens is 1.